The fourth-order valence-electron chi connectivity index (χ4n) is 2.87. The summed E-state index contributed by atoms with van der Waals surface area (Å²) >= 11 is 12.0. The summed E-state index contributed by atoms with van der Waals surface area (Å²) in [6.07, 6.45) is 2.70. The molecule has 0 saturated carbocycles. The van der Waals surface area contributed by atoms with Crippen LogP contribution in [0.1, 0.15) is 17.5 Å². The number of carbonyl (C=O) groups excluding carboxylic acids is 1. The smallest absolute Gasteiger partial charge is 0.321 e. The molecular formula is C18H18Cl2N2O. The molecule has 2 aromatic rings. The monoisotopic (exact) mass is 348 g/mol. The summed E-state index contributed by atoms with van der Waals surface area (Å²) < 4.78 is 0. The number of benzene rings is 2. The van der Waals surface area contributed by atoms with E-state index in [9.17, 15) is 4.79 Å². The number of urea groups is 1. The first kappa shape index (κ1) is 16.2. The number of halogens is 2. The van der Waals surface area contributed by atoms with E-state index in [-0.39, 0.29) is 6.03 Å². The maximum absolute atomic E-state index is 12.5. The molecule has 1 aliphatic rings. The summed E-state index contributed by atoms with van der Waals surface area (Å²) in [5.41, 5.74) is 3.23. The van der Waals surface area contributed by atoms with Gasteiger partial charge in [-0.25, -0.2) is 4.79 Å². The zero-order valence-electron chi connectivity index (χ0n) is 12.7. The van der Waals surface area contributed by atoms with Gasteiger partial charge in [-0.3, -0.25) is 4.90 Å². The molecule has 1 aliphatic heterocycles. The lowest BCUT2D eigenvalue weighted by Crippen LogP contribution is -2.43. The summed E-state index contributed by atoms with van der Waals surface area (Å²) in [6, 6.07) is 13.5. The fourth-order valence-corrected chi connectivity index (χ4v) is 3.37. The Labute approximate surface area is 146 Å². The van der Waals surface area contributed by atoms with Gasteiger partial charge in [-0.05, 0) is 48.6 Å². The van der Waals surface area contributed by atoms with Gasteiger partial charge in [-0.1, -0.05) is 47.5 Å². The first-order valence-electron chi connectivity index (χ1n) is 7.72. The molecule has 0 saturated heterocycles. The summed E-state index contributed by atoms with van der Waals surface area (Å²) in [5, 5.41) is 4.23. The third-order valence-corrected chi connectivity index (χ3v) is 4.63. The average molecular weight is 349 g/mol. The van der Waals surface area contributed by atoms with Crippen LogP contribution >= 0.6 is 23.2 Å². The Morgan fingerprint density at radius 1 is 1.17 bits per heavy atom. The number of nitrogens with one attached hydrogen (secondary N) is 1. The second-order valence-corrected chi connectivity index (χ2v) is 6.45. The molecule has 2 aromatic carbocycles. The van der Waals surface area contributed by atoms with E-state index in [2.05, 4.69) is 11.4 Å². The molecule has 0 bridgehead atoms. The van der Waals surface area contributed by atoms with Crippen molar-refractivity contribution in [1.82, 2.24) is 5.32 Å². The number of hydrogen-bond acceptors (Lipinski definition) is 1. The minimum Gasteiger partial charge on any atom is -0.337 e. The zero-order valence-corrected chi connectivity index (χ0v) is 14.2. The Kier molecular flexibility index (Phi) is 5.09. The predicted molar refractivity (Wildman–Crippen MR) is 95.7 cm³/mol. The van der Waals surface area contributed by atoms with Gasteiger partial charge in [0, 0.05) is 28.8 Å². The number of amides is 2. The van der Waals surface area contributed by atoms with Gasteiger partial charge in [-0.15, -0.1) is 0 Å². The molecule has 3 nitrogen and oxygen atoms in total. The SMILES string of the molecule is O=C(NCCc1ccc(Cl)cc1Cl)N1CCCc2ccccc21. The van der Waals surface area contributed by atoms with Crippen LogP contribution in [0.5, 0.6) is 0 Å². The minimum absolute atomic E-state index is 0.0535. The van der Waals surface area contributed by atoms with Crippen molar-refractivity contribution in [2.45, 2.75) is 19.3 Å². The molecule has 0 atom stereocenters. The molecule has 5 heteroatoms. The molecule has 1 N–H and O–H groups in total. The van der Waals surface area contributed by atoms with Crippen LogP contribution in [0.2, 0.25) is 10.0 Å². The van der Waals surface area contributed by atoms with Crippen LogP contribution < -0.4 is 10.2 Å². The Hall–Kier alpha value is -1.71. The molecule has 2 amide bonds. The third-order valence-electron chi connectivity index (χ3n) is 4.04. The number of nitrogens with zero attached hydrogens (tertiary/aromatic N) is 1. The van der Waals surface area contributed by atoms with Crippen LogP contribution in [-0.2, 0) is 12.8 Å². The van der Waals surface area contributed by atoms with Crippen molar-refractivity contribution in [3.05, 3.63) is 63.6 Å². The van der Waals surface area contributed by atoms with Gasteiger partial charge in [0.25, 0.3) is 0 Å². The molecule has 0 aliphatic carbocycles. The second-order valence-electron chi connectivity index (χ2n) is 5.60. The highest BCUT2D eigenvalue weighted by Gasteiger charge is 2.21. The minimum atomic E-state index is -0.0535. The van der Waals surface area contributed by atoms with Crippen molar-refractivity contribution in [3.63, 3.8) is 0 Å². The number of fused-ring (bicyclic) bond motifs is 1. The van der Waals surface area contributed by atoms with Crippen LogP contribution in [0.25, 0.3) is 0 Å². The van der Waals surface area contributed by atoms with Crippen molar-refractivity contribution in [3.8, 4) is 0 Å². The number of para-hydroxylation sites is 1. The second kappa shape index (κ2) is 7.24. The van der Waals surface area contributed by atoms with Gasteiger partial charge in [0.05, 0.1) is 0 Å². The average Bonchev–Trinajstić information content (AvgIpc) is 2.56. The van der Waals surface area contributed by atoms with E-state index in [0.717, 1.165) is 30.6 Å². The zero-order chi connectivity index (χ0) is 16.2. The molecule has 120 valence electrons. The van der Waals surface area contributed by atoms with Gasteiger partial charge >= 0.3 is 6.03 Å². The van der Waals surface area contributed by atoms with Crippen LogP contribution in [0.3, 0.4) is 0 Å². The normalized spacial score (nSPS) is 13.6. The molecule has 23 heavy (non-hydrogen) atoms. The van der Waals surface area contributed by atoms with Gasteiger partial charge in [0.2, 0.25) is 0 Å². The van der Waals surface area contributed by atoms with E-state index in [1.54, 1.807) is 6.07 Å². The largest absolute Gasteiger partial charge is 0.337 e. The van der Waals surface area contributed by atoms with Gasteiger partial charge < -0.3 is 5.32 Å². The number of hydrogen-bond donors (Lipinski definition) is 1. The lowest BCUT2D eigenvalue weighted by Gasteiger charge is -2.29. The first-order chi connectivity index (χ1) is 11.1. The molecule has 0 fully saturated rings. The van der Waals surface area contributed by atoms with E-state index < -0.39 is 0 Å². The van der Waals surface area contributed by atoms with Crippen molar-refractivity contribution >= 4 is 34.9 Å². The molecule has 0 spiro atoms. The van der Waals surface area contributed by atoms with Crippen LogP contribution in [0.4, 0.5) is 10.5 Å². The molecule has 0 radical (unpaired) electrons. The summed E-state index contributed by atoms with van der Waals surface area (Å²) in [6.45, 7) is 1.30. The molecule has 0 aromatic heterocycles. The van der Waals surface area contributed by atoms with Crippen molar-refractivity contribution in [1.29, 1.82) is 0 Å². The van der Waals surface area contributed by atoms with Gasteiger partial charge in [-0.2, -0.15) is 0 Å². The highest BCUT2D eigenvalue weighted by molar-refractivity contribution is 6.35. The Morgan fingerprint density at radius 3 is 2.83 bits per heavy atom. The van der Waals surface area contributed by atoms with Crippen molar-refractivity contribution in [2.24, 2.45) is 0 Å². The van der Waals surface area contributed by atoms with Gasteiger partial charge in [0.1, 0.15) is 0 Å². The van der Waals surface area contributed by atoms with Crippen LogP contribution in [0.15, 0.2) is 42.5 Å². The van der Waals surface area contributed by atoms with E-state index in [1.807, 2.05) is 35.2 Å². The van der Waals surface area contributed by atoms with E-state index in [1.165, 1.54) is 5.56 Å². The maximum Gasteiger partial charge on any atom is 0.321 e. The Balaban J connectivity index is 1.60. The number of anilines is 1. The fraction of sp³-hybridized carbons (Fsp3) is 0.278. The van der Waals surface area contributed by atoms with E-state index in [0.29, 0.717) is 23.0 Å². The van der Waals surface area contributed by atoms with Gasteiger partial charge in [0.15, 0.2) is 0 Å². The number of rotatable bonds is 3. The topological polar surface area (TPSA) is 32.3 Å². The number of aryl methyl sites for hydroxylation is 1. The summed E-state index contributed by atoms with van der Waals surface area (Å²) in [5.74, 6) is 0. The number of carbonyl (C=O) groups is 1. The third kappa shape index (κ3) is 3.80. The molecule has 1 heterocycles. The lowest BCUT2D eigenvalue weighted by atomic mass is 10.0. The quantitative estimate of drug-likeness (QED) is 0.856. The maximum atomic E-state index is 12.5. The first-order valence-corrected chi connectivity index (χ1v) is 8.48. The highest BCUT2D eigenvalue weighted by atomic mass is 35.5. The predicted octanol–water partition coefficient (Wildman–Crippen LogP) is 4.70. The van der Waals surface area contributed by atoms with E-state index >= 15 is 0 Å². The standard InChI is InChI=1S/C18H18Cl2N2O/c19-15-8-7-13(16(20)12-15)9-10-21-18(23)22-11-3-5-14-4-1-2-6-17(14)22/h1-2,4,6-8,12H,3,5,9-11H2,(H,21,23). The van der Waals surface area contributed by atoms with Crippen molar-refractivity contribution in [2.75, 3.05) is 18.0 Å². The van der Waals surface area contributed by atoms with Crippen LogP contribution in [0, 0.1) is 0 Å². The Bertz CT molecular complexity index is 718. The molecule has 0 unspecified atom stereocenters. The summed E-state index contributed by atoms with van der Waals surface area (Å²) in [7, 11) is 0. The van der Waals surface area contributed by atoms with Crippen LogP contribution in [-0.4, -0.2) is 19.1 Å². The van der Waals surface area contributed by atoms with Crippen molar-refractivity contribution < 1.29 is 4.79 Å². The lowest BCUT2D eigenvalue weighted by molar-refractivity contribution is 0.246. The van der Waals surface area contributed by atoms with E-state index in [4.69, 9.17) is 23.2 Å². The summed E-state index contributed by atoms with van der Waals surface area (Å²) in [4.78, 5) is 14.3. The highest BCUT2D eigenvalue weighted by Crippen LogP contribution is 2.26. The molecular weight excluding hydrogens is 331 g/mol. The molecule has 3 rings (SSSR count). The Morgan fingerprint density at radius 2 is 2.00 bits per heavy atom.